The Morgan fingerprint density at radius 3 is 2.32 bits per heavy atom. The standard InChI is InChI=1S/C15H31N3O/c1-15(12-16,13-19-2)18-9-5-14(6-10-18)11-17-7-3-4-8-17/h14H,3-13,16H2,1-2H3. The first-order chi connectivity index (χ1) is 9.18. The largest absolute Gasteiger partial charge is 0.383 e. The van der Waals surface area contributed by atoms with Crippen LogP contribution in [0.25, 0.3) is 0 Å². The summed E-state index contributed by atoms with van der Waals surface area (Å²) < 4.78 is 5.36. The highest BCUT2D eigenvalue weighted by atomic mass is 16.5. The van der Waals surface area contributed by atoms with Crippen molar-refractivity contribution in [2.24, 2.45) is 11.7 Å². The topological polar surface area (TPSA) is 41.7 Å². The highest BCUT2D eigenvalue weighted by Crippen LogP contribution is 2.25. The Balaban J connectivity index is 1.77. The molecule has 4 nitrogen and oxygen atoms in total. The highest BCUT2D eigenvalue weighted by molar-refractivity contribution is 4.90. The molecular weight excluding hydrogens is 238 g/mol. The minimum atomic E-state index is 0.0212. The predicted molar refractivity (Wildman–Crippen MR) is 79.3 cm³/mol. The maximum absolute atomic E-state index is 5.96. The van der Waals surface area contributed by atoms with Crippen LogP contribution in [0.2, 0.25) is 0 Å². The zero-order chi connectivity index (χ0) is 13.7. The summed E-state index contributed by atoms with van der Waals surface area (Å²) in [6.45, 7) is 9.96. The molecule has 0 radical (unpaired) electrons. The number of piperidine rings is 1. The summed E-state index contributed by atoms with van der Waals surface area (Å²) in [6.07, 6.45) is 5.43. The lowest BCUT2D eigenvalue weighted by molar-refractivity contribution is 0.00347. The van der Waals surface area contributed by atoms with Gasteiger partial charge in [0, 0.05) is 20.2 Å². The van der Waals surface area contributed by atoms with Crippen molar-refractivity contribution < 1.29 is 4.74 Å². The summed E-state index contributed by atoms with van der Waals surface area (Å²) in [4.78, 5) is 5.19. The number of nitrogens with zero attached hydrogens (tertiary/aromatic N) is 2. The summed E-state index contributed by atoms with van der Waals surface area (Å²) in [5.74, 6) is 0.888. The van der Waals surface area contributed by atoms with Gasteiger partial charge in [0.2, 0.25) is 0 Å². The lowest BCUT2D eigenvalue weighted by Gasteiger charge is -2.44. The molecule has 2 aliphatic rings. The monoisotopic (exact) mass is 269 g/mol. The molecule has 2 N–H and O–H groups in total. The van der Waals surface area contributed by atoms with E-state index in [1.807, 2.05) is 0 Å². The number of hydrogen-bond acceptors (Lipinski definition) is 4. The SMILES string of the molecule is COCC(C)(CN)N1CCC(CN2CCCC2)CC1. The van der Waals surface area contributed by atoms with Gasteiger partial charge < -0.3 is 15.4 Å². The molecule has 4 heteroatoms. The molecule has 2 heterocycles. The molecule has 2 fully saturated rings. The first-order valence-electron chi connectivity index (χ1n) is 7.84. The zero-order valence-corrected chi connectivity index (χ0v) is 12.7. The molecule has 1 unspecified atom stereocenters. The third-order valence-corrected chi connectivity index (χ3v) is 4.99. The minimum absolute atomic E-state index is 0.0212. The fraction of sp³-hybridized carbons (Fsp3) is 1.00. The van der Waals surface area contributed by atoms with Crippen LogP contribution in [0.15, 0.2) is 0 Å². The predicted octanol–water partition coefficient (Wildman–Crippen LogP) is 1.16. The molecule has 2 saturated heterocycles. The molecule has 0 bridgehead atoms. The van der Waals surface area contributed by atoms with Crippen LogP contribution in [-0.2, 0) is 4.74 Å². The van der Waals surface area contributed by atoms with Gasteiger partial charge in [-0.15, -0.1) is 0 Å². The smallest absolute Gasteiger partial charge is 0.0656 e. The van der Waals surface area contributed by atoms with Gasteiger partial charge in [0.1, 0.15) is 0 Å². The summed E-state index contributed by atoms with van der Waals surface area (Å²) in [5, 5.41) is 0. The van der Waals surface area contributed by atoms with Gasteiger partial charge in [-0.05, 0) is 64.7 Å². The summed E-state index contributed by atoms with van der Waals surface area (Å²) in [5.41, 5.74) is 5.98. The molecule has 0 saturated carbocycles. The second-order valence-electron chi connectivity index (χ2n) is 6.57. The van der Waals surface area contributed by atoms with Crippen molar-refractivity contribution in [1.29, 1.82) is 0 Å². The number of likely N-dealkylation sites (tertiary alicyclic amines) is 2. The molecule has 0 aliphatic carbocycles. The van der Waals surface area contributed by atoms with E-state index in [1.54, 1.807) is 7.11 Å². The van der Waals surface area contributed by atoms with Crippen LogP contribution in [0, 0.1) is 5.92 Å². The number of methoxy groups -OCH3 is 1. The Kier molecular flexibility index (Phi) is 5.63. The third-order valence-electron chi connectivity index (χ3n) is 4.99. The van der Waals surface area contributed by atoms with Crippen LogP contribution in [-0.4, -0.2) is 68.3 Å². The van der Waals surface area contributed by atoms with Crippen molar-refractivity contribution in [3.8, 4) is 0 Å². The third kappa shape index (κ3) is 3.91. The summed E-state index contributed by atoms with van der Waals surface area (Å²) >= 11 is 0. The van der Waals surface area contributed by atoms with Crippen molar-refractivity contribution in [1.82, 2.24) is 9.80 Å². The average Bonchev–Trinajstić information content (AvgIpc) is 2.92. The molecule has 0 spiro atoms. The number of ether oxygens (including phenoxy) is 1. The van der Waals surface area contributed by atoms with Crippen molar-refractivity contribution >= 4 is 0 Å². The van der Waals surface area contributed by atoms with Gasteiger partial charge in [-0.25, -0.2) is 0 Å². The Labute approximate surface area is 118 Å². The molecule has 0 aromatic rings. The van der Waals surface area contributed by atoms with Crippen molar-refractivity contribution in [3.63, 3.8) is 0 Å². The first kappa shape index (κ1) is 15.2. The molecule has 0 aromatic heterocycles. The van der Waals surface area contributed by atoms with E-state index in [2.05, 4.69) is 16.7 Å². The van der Waals surface area contributed by atoms with E-state index in [0.717, 1.165) is 12.5 Å². The van der Waals surface area contributed by atoms with Gasteiger partial charge in [0.05, 0.1) is 12.1 Å². The average molecular weight is 269 g/mol. The van der Waals surface area contributed by atoms with Crippen molar-refractivity contribution in [2.75, 3.05) is 53.0 Å². The van der Waals surface area contributed by atoms with Gasteiger partial charge in [-0.2, -0.15) is 0 Å². The normalized spacial score (nSPS) is 26.7. The van der Waals surface area contributed by atoms with E-state index in [4.69, 9.17) is 10.5 Å². The van der Waals surface area contributed by atoms with E-state index < -0.39 is 0 Å². The maximum Gasteiger partial charge on any atom is 0.0656 e. The van der Waals surface area contributed by atoms with Gasteiger partial charge in [-0.1, -0.05) is 0 Å². The molecule has 19 heavy (non-hydrogen) atoms. The lowest BCUT2D eigenvalue weighted by Crippen LogP contribution is -2.57. The van der Waals surface area contributed by atoms with Crippen LogP contribution in [0.5, 0.6) is 0 Å². The Hall–Kier alpha value is -0.160. The molecule has 2 aliphatic heterocycles. The Morgan fingerprint density at radius 2 is 1.79 bits per heavy atom. The number of hydrogen-bond donors (Lipinski definition) is 1. The lowest BCUT2D eigenvalue weighted by atomic mass is 9.91. The molecule has 2 rings (SSSR count). The van der Waals surface area contributed by atoms with Gasteiger partial charge >= 0.3 is 0 Å². The van der Waals surface area contributed by atoms with Crippen LogP contribution in [0.4, 0.5) is 0 Å². The highest BCUT2D eigenvalue weighted by Gasteiger charge is 2.34. The van der Waals surface area contributed by atoms with Crippen molar-refractivity contribution in [2.45, 2.75) is 38.1 Å². The second-order valence-corrected chi connectivity index (χ2v) is 6.57. The van der Waals surface area contributed by atoms with E-state index in [9.17, 15) is 0 Å². The fourth-order valence-electron chi connectivity index (χ4n) is 3.58. The van der Waals surface area contributed by atoms with Gasteiger partial charge in [0.25, 0.3) is 0 Å². The molecule has 0 aromatic carbocycles. The first-order valence-corrected chi connectivity index (χ1v) is 7.84. The molecular formula is C15H31N3O. The van der Waals surface area contributed by atoms with E-state index in [0.29, 0.717) is 6.54 Å². The van der Waals surface area contributed by atoms with Crippen LogP contribution in [0.3, 0.4) is 0 Å². The summed E-state index contributed by atoms with van der Waals surface area (Å²) in [7, 11) is 1.77. The summed E-state index contributed by atoms with van der Waals surface area (Å²) in [6, 6.07) is 0. The molecule has 112 valence electrons. The van der Waals surface area contributed by atoms with Crippen LogP contribution in [0.1, 0.15) is 32.6 Å². The number of rotatable bonds is 6. The van der Waals surface area contributed by atoms with Gasteiger partial charge in [-0.3, -0.25) is 4.90 Å². The number of nitrogens with two attached hydrogens (primary N) is 1. The second kappa shape index (κ2) is 7.02. The molecule has 1 atom stereocenters. The van der Waals surface area contributed by atoms with Crippen LogP contribution < -0.4 is 5.73 Å². The minimum Gasteiger partial charge on any atom is -0.383 e. The maximum atomic E-state index is 5.96. The van der Waals surface area contributed by atoms with Gasteiger partial charge in [0.15, 0.2) is 0 Å². The molecule has 0 amide bonds. The van der Waals surface area contributed by atoms with E-state index >= 15 is 0 Å². The van der Waals surface area contributed by atoms with Crippen molar-refractivity contribution in [3.05, 3.63) is 0 Å². The van der Waals surface area contributed by atoms with E-state index in [-0.39, 0.29) is 5.54 Å². The van der Waals surface area contributed by atoms with Crippen LogP contribution >= 0.6 is 0 Å². The van der Waals surface area contributed by atoms with E-state index in [1.165, 1.54) is 58.4 Å². The zero-order valence-electron chi connectivity index (χ0n) is 12.7. The Bertz CT molecular complexity index is 260. The quantitative estimate of drug-likeness (QED) is 0.786. The Morgan fingerprint density at radius 1 is 1.16 bits per heavy atom. The fourth-order valence-corrected chi connectivity index (χ4v) is 3.58.